The van der Waals surface area contributed by atoms with Crippen molar-refractivity contribution < 1.29 is 19.1 Å². The van der Waals surface area contributed by atoms with E-state index in [1.165, 1.54) is 6.26 Å². The molecule has 1 saturated carbocycles. The fourth-order valence-electron chi connectivity index (χ4n) is 1.64. The van der Waals surface area contributed by atoms with Crippen LogP contribution in [0, 0.1) is 5.92 Å². The van der Waals surface area contributed by atoms with Gasteiger partial charge in [0, 0.05) is 12.1 Å². The largest absolute Gasteiger partial charge is 0.481 e. The molecule has 2 rings (SSSR count). The number of rotatable bonds is 3. The molecule has 0 unspecified atom stereocenters. The van der Waals surface area contributed by atoms with E-state index < -0.39 is 5.97 Å². The molecule has 1 aliphatic carbocycles. The van der Waals surface area contributed by atoms with Gasteiger partial charge >= 0.3 is 5.97 Å². The standard InChI is InChI=1S/C10H10BrNO4/c11-8-3-6(4-16-8)9(13)12-7-1-5(2-7)10(14)15/h3-5,7H,1-2H2,(H,12,13)(H,14,15). The number of carboxylic acids is 1. The smallest absolute Gasteiger partial charge is 0.306 e. The van der Waals surface area contributed by atoms with Crippen LogP contribution in [-0.2, 0) is 4.79 Å². The first kappa shape index (κ1) is 11.2. The molecule has 1 amide bonds. The van der Waals surface area contributed by atoms with Crippen LogP contribution in [-0.4, -0.2) is 23.0 Å². The molecule has 2 N–H and O–H groups in total. The predicted octanol–water partition coefficient (Wildman–Crippen LogP) is 1.64. The number of hydrogen-bond donors (Lipinski definition) is 2. The molecular formula is C10H10BrNO4. The SMILES string of the molecule is O=C(NC1CC(C(=O)O)C1)c1coc(Br)c1. The van der Waals surface area contributed by atoms with Crippen LogP contribution in [0.1, 0.15) is 23.2 Å². The second-order valence-electron chi connectivity index (χ2n) is 3.82. The second-order valence-corrected chi connectivity index (χ2v) is 4.60. The van der Waals surface area contributed by atoms with Crippen molar-refractivity contribution in [1.82, 2.24) is 5.32 Å². The maximum atomic E-state index is 11.6. The van der Waals surface area contributed by atoms with Crippen LogP contribution in [0.3, 0.4) is 0 Å². The minimum atomic E-state index is -0.795. The van der Waals surface area contributed by atoms with Gasteiger partial charge in [-0.05, 0) is 28.8 Å². The van der Waals surface area contributed by atoms with Crippen LogP contribution in [0.15, 0.2) is 21.4 Å². The van der Waals surface area contributed by atoms with Crippen molar-refractivity contribution in [3.05, 3.63) is 22.6 Å². The molecular weight excluding hydrogens is 278 g/mol. The minimum Gasteiger partial charge on any atom is -0.481 e. The van der Waals surface area contributed by atoms with Crippen LogP contribution < -0.4 is 5.32 Å². The first-order valence-electron chi connectivity index (χ1n) is 4.84. The summed E-state index contributed by atoms with van der Waals surface area (Å²) in [5.74, 6) is -1.35. The Hall–Kier alpha value is -1.30. The molecule has 1 fully saturated rings. The Balaban J connectivity index is 1.84. The van der Waals surface area contributed by atoms with Gasteiger partial charge in [0.25, 0.3) is 5.91 Å². The fraction of sp³-hybridized carbons (Fsp3) is 0.400. The molecule has 16 heavy (non-hydrogen) atoms. The zero-order valence-corrected chi connectivity index (χ0v) is 9.86. The maximum absolute atomic E-state index is 11.6. The number of aliphatic carboxylic acids is 1. The Bertz CT molecular complexity index is 422. The lowest BCUT2D eigenvalue weighted by Gasteiger charge is -2.32. The molecule has 6 heteroatoms. The summed E-state index contributed by atoms with van der Waals surface area (Å²) in [4.78, 5) is 22.2. The Morgan fingerprint density at radius 2 is 2.19 bits per heavy atom. The van der Waals surface area contributed by atoms with E-state index in [9.17, 15) is 9.59 Å². The van der Waals surface area contributed by atoms with Crippen molar-refractivity contribution in [2.45, 2.75) is 18.9 Å². The molecule has 0 bridgehead atoms. The number of amides is 1. The zero-order valence-electron chi connectivity index (χ0n) is 8.27. The molecule has 1 aromatic heterocycles. The highest BCUT2D eigenvalue weighted by atomic mass is 79.9. The average molecular weight is 288 g/mol. The van der Waals surface area contributed by atoms with Gasteiger partial charge in [-0.25, -0.2) is 0 Å². The van der Waals surface area contributed by atoms with Gasteiger partial charge in [-0.3, -0.25) is 9.59 Å². The lowest BCUT2D eigenvalue weighted by Crippen LogP contribution is -2.46. The zero-order chi connectivity index (χ0) is 11.7. The summed E-state index contributed by atoms with van der Waals surface area (Å²) in [5, 5.41) is 11.4. The van der Waals surface area contributed by atoms with Crippen LogP contribution in [0.4, 0.5) is 0 Å². The van der Waals surface area contributed by atoms with Gasteiger partial charge in [0.2, 0.25) is 0 Å². The molecule has 1 aromatic rings. The van der Waals surface area contributed by atoms with Gasteiger partial charge in [0.1, 0.15) is 6.26 Å². The molecule has 5 nitrogen and oxygen atoms in total. The van der Waals surface area contributed by atoms with Crippen molar-refractivity contribution in [2.24, 2.45) is 5.92 Å². The maximum Gasteiger partial charge on any atom is 0.306 e. The third-order valence-corrected chi connectivity index (χ3v) is 3.07. The third kappa shape index (κ3) is 2.27. The van der Waals surface area contributed by atoms with E-state index in [-0.39, 0.29) is 17.9 Å². The van der Waals surface area contributed by atoms with E-state index in [4.69, 9.17) is 9.52 Å². The number of carbonyl (C=O) groups is 2. The van der Waals surface area contributed by atoms with Crippen molar-refractivity contribution in [3.8, 4) is 0 Å². The molecule has 0 spiro atoms. The number of halogens is 1. The summed E-state index contributed by atoms with van der Waals surface area (Å²) in [7, 11) is 0. The summed E-state index contributed by atoms with van der Waals surface area (Å²) >= 11 is 3.10. The Morgan fingerprint density at radius 1 is 1.50 bits per heavy atom. The highest BCUT2D eigenvalue weighted by Crippen LogP contribution is 2.27. The summed E-state index contributed by atoms with van der Waals surface area (Å²) in [6, 6.07) is 1.53. The van der Waals surface area contributed by atoms with E-state index in [1.54, 1.807) is 6.07 Å². The van der Waals surface area contributed by atoms with Crippen molar-refractivity contribution in [3.63, 3.8) is 0 Å². The molecule has 1 heterocycles. The number of hydrogen-bond acceptors (Lipinski definition) is 3. The highest BCUT2D eigenvalue weighted by Gasteiger charge is 2.35. The summed E-state index contributed by atoms with van der Waals surface area (Å²) in [5.41, 5.74) is 0.436. The summed E-state index contributed by atoms with van der Waals surface area (Å²) in [6.45, 7) is 0. The Labute approximate surface area is 99.9 Å². The number of carboxylic acid groups (broad SMARTS) is 1. The molecule has 0 aliphatic heterocycles. The molecule has 0 atom stereocenters. The first-order chi connectivity index (χ1) is 7.56. The molecule has 86 valence electrons. The lowest BCUT2D eigenvalue weighted by atomic mass is 9.80. The van der Waals surface area contributed by atoms with Gasteiger partial charge in [0.05, 0.1) is 11.5 Å². The molecule has 0 aromatic carbocycles. The minimum absolute atomic E-state index is 0.0396. The van der Waals surface area contributed by atoms with E-state index in [0.29, 0.717) is 23.1 Å². The first-order valence-corrected chi connectivity index (χ1v) is 5.63. The molecule has 0 radical (unpaired) electrons. The lowest BCUT2D eigenvalue weighted by molar-refractivity contribution is -0.145. The normalized spacial score (nSPS) is 23.6. The average Bonchev–Trinajstić information content (AvgIpc) is 2.56. The third-order valence-electron chi connectivity index (χ3n) is 2.65. The quantitative estimate of drug-likeness (QED) is 0.886. The van der Waals surface area contributed by atoms with E-state index in [1.807, 2.05) is 0 Å². The van der Waals surface area contributed by atoms with E-state index in [2.05, 4.69) is 21.2 Å². The molecule has 0 saturated heterocycles. The van der Waals surface area contributed by atoms with Gasteiger partial charge in [-0.1, -0.05) is 0 Å². The summed E-state index contributed by atoms with van der Waals surface area (Å²) < 4.78 is 5.43. The summed E-state index contributed by atoms with van der Waals surface area (Å²) in [6.07, 6.45) is 2.35. The van der Waals surface area contributed by atoms with E-state index in [0.717, 1.165) is 0 Å². The van der Waals surface area contributed by atoms with Crippen LogP contribution in [0.5, 0.6) is 0 Å². The highest BCUT2D eigenvalue weighted by molar-refractivity contribution is 9.10. The number of furan rings is 1. The number of nitrogens with one attached hydrogen (secondary N) is 1. The van der Waals surface area contributed by atoms with Crippen molar-refractivity contribution in [1.29, 1.82) is 0 Å². The van der Waals surface area contributed by atoms with E-state index >= 15 is 0 Å². The molecule has 1 aliphatic rings. The monoisotopic (exact) mass is 287 g/mol. The van der Waals surface area contributed by atoms with Crippen LogP contribution in [0.2, 0.25) is 0 Å². The van der Waals surface area contributed by atoms with Crippen LogP contribution in [0.25, 0.3) is 0 Å². The predicted molar refractivity (Wildman–Crippen MR) is 58.0 cm³/mol. The van der Waals surface area contributed by atoms with Gasteiger partial charge < -0.3 is 14.8 Å². The van der Waals surface area contributed by atoms with Gasteiger partial charge in [0.15, 0.2) is 4.67 Å². The Morgan fingerprint density at radius 3 is 2.69 bits per heavy atom. The van der Waals surface area contributed by atoms with Gasteiger partial charge in [-0.2, -0.15) is 0 Å². The van der Waals surface area contributed by atoms with Crippen molar-refractivity contribution >= 4 is 27.8 Å². The Kier molecular flexibility index (Phi) is 3.00. The fourth-order valence-corrected chi connectivity index (χ4v) is 1.98. The van der Waals surface area contributed by atoms with Crippen molar-refractivity contribution in [2.75, 3.05) is 0 Å². The number of carbonyl (C=O) groups excluding carboxylic acids is 1. The second kappa shape index (κ2) is 4.29. The van der Waals surface area contributed by atoms with Crippen LogP contribution >= 0.6 is 15.9 Å². The van der Waals surface area contributed by atoms with Gasteiger partial charge in [-0.15, -0.1) is 0 Å². The topological polar surface area (TPSA) is 79.5 Å².